The van der Waals surface area contributed by atoms with Crippen LogP contribution < -0.4 is 4.90 Å². The first-order valence-corrected chi connectivity index (χ1v) is 10.8. The first-order valence-electron chi connectivity index (χ1n) is 10.8. The highest BCUT2D eigenvalue weighted by molar-refractivity contribution is 5.84. The Morgan fingerprint density at radius 1 is 0.900 bits per heavy atom. The fraction of sp³-hybridized carbons (Fsp3) is 0.346. The minimum absolute atomic E-state index is 0.545. The van der Waals surface area contributed by atoms with Gasteiger partial charge in [-0.15, -0.1) is 0 Å². The number of nitrogens with zero attached hydrogens (tertiary/aromatic N) is 3. The van der Waals surface area contributed by atoms with Gasteiger partial charge in [-0.3, -0.25) is 4.99 Å². The summed E-state index contributed by atoms with van der Waals surface area (Å²) in [5.41, 5.74) is 8.34. The van der Waals surface area contributed by atoms with Gasteiger partial charge < -0.3 is 14.2 Å². The van der Waals surface area contributed by atoms with Gasteiger partial charge in [0.25, 0.3) is 0 Å². The number of aromatic nitrogens is 1. The monoisotopic (exact) mass is 401 g/mol. The molecule has 4 rings (SSSR count). The Bertz CT molecular complexity index is 1010. The van der Waals surface area contributed by atoms with Gasteiger partial charge in [-0.1, -0.05) is 26.0 Å². The minimum atomic E-state index is 0.545. The molecule has 1 aliphatic rings. The van der Waals surface area contributed by atoms with Crippen molar-refractivity contribution in [2.24, 2.45) is 4.99 Å². The molecule has 0 spiro atoms. The molecule has 4 nitrogen and oxygen atoms in total. The molecule has 1 fully saturated rings. The van der Waals surface area contributed by atoms with Crippen molar-refractivity contribution in [2.75, 3.05) is 31.2 Å². The summed E-state index contributed by atoms with van der Waals surface area (Å²) >= 11 is 0. The third kappa shape index (κ3) is 4.34. The van der Waals surface area contributed by atoms with Crippen LogP contribution in [0.2, 0.25) is 0 Å². The average Bonchev–Trinajstić information content (AvgIpc) is 3.06. The average molecular weight is 402 g/mol. The highest BCUT2D eigenvalue weighted by Crippen LogP contribution is 2.24. The largest absolute Gasteiger partial charge is 0.378 e. The number of ether oxygens (including phenoxy) is 1. The Kier molecular flexibility index (Phi) is 6.05. The fourth-order valence-corrected chi connectivity index (χ4v) is 4.04. The van der Waals surface area contributed by atoms with Gasteiger partial charge in [0.2, 0.25) is 0 Å². The van der Waals surface area contributed by atoms with Crippen LogP contribution in [0.5, 0.6) is 0 Å². The van der Waals surface area contributed by atoms with Crippen molar-refractivity contribution in [3.05, 3.63) is 77.1 Å². The zero-order chi connectivity index (χ0) is 21.1. The Hall–Kier alpha value is -2.85. The topological polar surface area (TPSA) is 29.8 Å². The van der Waals surface area contributed by atoms with Crippen molar-refractivity contribution in [1.82, 2.24) is 4.57 Å². The summed E-state index contributed by atoms with van der Waals surface area (Å²) in [6, 6.07) is 19.6. The van der Waals surface area contributed by atoms with Crippen molar-refractivity contribution in [1.29, 1.82) is 0 Å². The van der Waals surface area contributed by atoms with E-state index in [9.17, 15) is 0 Å². The van der Waals surface area contributed by atoms with Crippen molar-refractivity contribution in [3.63, 3.8) is 0 Å². The summed E-state index contributed by atoms with van der Waals surface area (Å²) in [5, 5.41) is 0. The van der Waals surface area contributed by atoms with Crippen molar-refractivity contribution in [2.45, 2.75) is 33.6 Å². The minimum Gasteiger partial charge on any atom is -0.378 e. The fourth-order valence-electron chi connectivity index (χ4n) is 4.04. The van der Waals surface area contributed by atoms with Gasteiger partial charge in [0.15, 0.2) is 0 Å². The number of hydrogen-bond donors (Lipinski definition) is 0. The zero-order valence-corrected chi connectivity index (χ0v) is 18.4. The second-order valence-corrected chi connectivity index (χ2v) is 8.28. The zero-order valence-electron chi connectivity index (χ0n) is 18.4. The van der Waals surface area contributed by atoms with Crippen LogP contribution in [0.15, 0.2) is 59.6 Å². The maximum Gasteiger partial charge on any atom is 0.0642 e. The summed E-state index contributed by atoms with van der Waals surface area (Å²) in [6.45, 7) is 12.3. The number of morpholine rings is 1. The van der Waals surface area contributed by atoms with Crippen LogP contribution in [-0.4, -0.2) is 37.1 Å². The first-order chi connectivity index (χ1) is 14.5. The molecule has 2 heterocycles. The molecule has 0 aliphatic carbocycles. The van der Waals surface area contributed by atoms with Crippen LogP contribution >= 0.6 is 0 Å². The molecule has 1 aromatic heterocycles. The molecule has 4 heteroatoms. The lowest BCUT2D eigenvalue weighted by Crippen LogP contribution is -2.36. The molecule has 2 aromatic carbocycles. The summed E-state index contributed by atoms with van der Waals surface area (Å²) < 4.78 is 7.73. The SMILES string of the molecule is Cc1cc(C=Nc2ccc(N3CCOCC3)cc2)c(C)n1-c1ccc(C(C)C)cc1. The lowest BCUT2D eigenvalue weighted by molar-refractivity contribution is 0.122. The molecule has 0 amide bonds. The molecule has 0 atom stereocenters. The van der Waals surface area contributed by atoms with Crippen LogP contribution in [0.25, 0.3) is 5.69 Å². The van der Waals surface area contributed by atoms with Crippen LogP contribution in [0.1, 0.15) is 42.3 Å². The smallest absolute Gasteiger partial charge is 0.0642 e. The number of aryl methyl sites for hydroxylation is 1. The maximum absolute atomic E-state index is 5.44. The number of anilines is 1. The molecular formula is C26H31N3O. The van der Waals surface area contributed by atoms with Gasteiger partial charge >= 0.3 is 0 Å². The van der Waals surface area contributed by atoms with Gasteiger partial charge in [0.1, 0.15) is 0 Å². The van der Waals surface area contributed by atoms with Crippen LogP contribution in [0.4, 0.5) is 11.4 Å². The second-order valence-electron chi connectivity index (χ2n) is 8.28. The molecule has 156 valence electrons. The second kappa shape index (κ2) is 8.88. The number of aliphatic imine (C=N–C) groups is 1. The predicted octanol–water partition coefficient (Wildman–Crippen LogP) is 5.80. The van der Waals surface area contributed by atoms with Crippen LogP contribution in [0, 0.1) is 13.8 Å². The third-order valence-electron chi connectivity index (χ3n) is 5.87. The van der Waals surface area contributed by atoms with E-state index in [2.05, 4.69) is 91.8 Å². The van der Waals surface area contributed by atoms with E-state index in [1.54, 1.807) is 0 Å². The van der Waals surface area contributed by atoms with Gasteiger partial charge in [-0.25, -0.2) is 0 Å². The van der Waals surface area contributed by atoms with Gasteiger partial charge in [-0.05, 0) is 67.8 Å². The Morgan fingerprint density at radius 3 is 2.17 bits per heavy atom. The van der Waals surface area contributed by atoms with Crippen LogP contribution in [0.3, 0.4) is 0 Å². The van der Waals surface area contributed by atoms with E-state index in [0.717, 1.165) is 37.6 Å². The quantitative estimate of drug-likeness (QED) is 0.505. The molecule has 30 heavy (non-hydrogen) atoms. The summed E-state index contributed by atoms with van der Waals surface area (Å²) in [6.07, 6.45) is 1.98. The van der Waals surface area contributed by atoms with Crippen LogP contribution in [-0.2, 0) is 4.74 Å². The first kappa shape index (κ1) is 20.4. The molecule has 0 bridgehead atoms. The lowest BCUT2D eigenvalue weighted by atomic mass is 10.0. The van der Waals surface area contributed by atoms with E-state index < -0.39 is 0 Å². The maximum atomic E-state index is 5.44. The van der Waals surface area contributed by atoms with Gasteiger partial charge in [0, 0.05) is 47.6 Å². The van der Waals surface area contributed by atoms with E-state index in [4.69, 9.17) is 9.73 Å². The van der Waals surface area contributed by atoms with E-state index in [1.807, 2.05) is 6.21 Å². The summed E-state index contributed by atoms with van der Waals surface area (Å²) in [7, 11) is 0. The molecular weight excluding hydrogens is 370 g/mol. The van der Waals surface area contributed by atoms with Crippen molar-refractivity contribution < 1.29 is 4.74 Å². The molecule has 1 aliphatic heterocycles. The lowest BCUT2D eigenvalue weighted by Gasteiger charge is -2.28. The Morgan fingerprint density at radius 2 is 1.53 bits per heavy atom. The molecule has 0 saturated carbocycles. The van der Waals surface area contributed by atoms with E-state index >= 15 is 0 Å². The highest BCUT2D eigenvalue weighted by atomic mass is 16.5. The molecule has 0 N–H and O–H groups in total. The van der Waals surface area contributed by atoms with Crippen molar-refractivity contribution in [3.8, 4) is 5.69 Å². The normalized spacial score (nSPS) is 14.8. The van der Waals surface area contributed by atoms with E-state index in [-0.39, 0.29) is 0 Å². The number of hydrogen-bond acceptors (Lipinski definition) is 3. The Balaban J connectivity index is 1.52. The standard InChI is InChI=1S/C26H31N3O/c1-19(2)22-5-9-26(10-6-22)29-20(3)17-23(21(29)4)18-27-24-7-11-25(12-8-24)28-13-15-30-16-14-28/h5-12,17-19H,13-16H2,1-4H3. The molecule has 3 aromatic rings. The molecule has 0 radical (unpaired) electrons. The summed E-state index contributed by atoms with van der Waals surface area (Å²) in [4.78, 5) is 7.08. The third-order valence-corrected chi connectivity index (χ3v) is 5.87. The number of rotatable bonds is 5. The highest BCUT2D eigenvalue weighted by Gasteiger charge is 2.12. The predicted molar refractivity (Wildman–Crippen MR) is 126 cm³/mol. The van der Waals surface area contributed by atoms with Gasteiger partial charge in [0.05, 0.1) is 18.9 Å². The Labute approximate surface area is 179 Å². The van der Waals surface area contributed by atoms with E-state index in [1.165, 1.54) is 28.3 Å². The summed E-state index contributed by atoms with van der Waals surface area (Å²) in [5.74, 6) is 0.545. The molecule has 1 saturated heterocycles. The van der Waals surface area contributed by atoms with E-state index in [0.29, 0.717) is 5.92 Å². The van der Waals surface area contributed by atoms with Crippen molar-refractivity contribution >= 4 is 17.6 Å². The number of benzene rings is 2. The molecule has 0 unspecified atom stereocenters. The van der Waals surface area contributed by atoms with Gasteiger partial charge in [-0.2, -0.15) is 0 Å².